The van der Waals surface area contributed by atoms with Gasteiger partial charge in [-0.05, 0) is 37.1 Å². The molecule has 0 atom stereocenters. The number of aromatic nitrogens is 2. The standard InChI is InChI=1S/C17H18N4O5S2/c1-2-25-15(24)9-27-17-21-20-16(28-17)19-14(23)8-26-11-4-5-12-10(7-11)3-6-13(22)18-12/h4-5,7H,2-3,6,8-9H2,1H3,(H,18,22)(H,19,20,23). The maximum absolute atomic E-state index is 12.0. The van der Waals surface area contributed by atoms with E-state index in [1.807, 2.05) is 6.07 Å². The van der Waals surface area contributed by atoms with E-state index in [4.69, 9.17) is 9.47 Å². The average molecular weight is 422 g/mol. The molecule has 148 valence electrons. The lowest BCUT2D eigenvalue weighted by Crippen LogP contribution is -2.21. The molecule has 11 heteroatoms. The zero-order valence-electron chi connectivity index (χ0n) is 15.0. The summed E-state index contributed by atoms with van der Waals surface area (Å²) in [5, 5.41) is 13.5. The van der Waals surface area contributed by atoms with Gasteiger partial charge < -0.3 is 14.8 Å². The maximum Gasteiger partial charge on any atom is 0.316 e. The first kappa shape index (κ1) is 20.1. The zero-order chi connectivity index (χ0) is 19.9. The van der Waals surface area contributed by atoms with Crippen molar-refractivity contribution in [3.05, 3.63) is 23.8 Å². The smallest absolute Gasteiger partial charge is 0.316 e. The Bertz CT molecular complexity index is 886. The largest absolute Gasteiger partial charge is 0.484 e. The molecule has 1 aliphatic rings. The number of aryl methyl sites for hydroxylation is 1. The first-order valence-corrected chi connectivity index (χ1v) is 10.3. The summed E-state index contributed by atoms with van der Waals surface area (Å²) >= 11 is 2.36. The van der Waals surface area contributed by atoms with Crippen molar-refractivity contribution in [2.24, 2.45) is 0 Å². The number of amides is 2. The Balaban J connectivity index is 1.46. The van der Waals surface area contributed by atoms with Crippen molar-refractivity contribution in [2.75, 3.05) is 29.6 Å². The van der Waals surface area contributed by atoms with E-state index in [9.17, 15) is 14.4 Å². The topological polar surface area (TPSA) is 120 Å². The molecule has 0 unspecified atom stereocenters. The molecule has 0 bridgehead atoms. The second-order valence-corrected chi connectivity index (χ2v) is 7.87. The lowest BCUT2D eigenvalue weighted by atomic mass is 10.0. The fourth-order valence-electron chi connectivity index (χ4n) is 2.40. The van der Waals surface area contributed by atoms with Crippen molar-refractivity contribution < 1.29 is 23.9 Å². The molecule has 2 heterocycles. The molecule has 2 amide bonds. The molecular formula is C17H18N4O5S2. The average Bonchev–Trinajstić information content (AvgIpc) is 3.12. The van der Waals surface area contributed by atoms with Crippen LogP contribution in [0, 0.1) is 0 Å². The monoisotopic (exact) mass is 422 g/mol. The number of carbonyl (C=O) groups is 3. The van der Waals surface area contributed by atoms with Gasteiger partial charge in [0.2, 0.25) is 11.0 Å². The number of anilines is 2. The fourth-order valence-corrected chi connectivity index (χ4v) is 3.96. The number of thioether (sulfide) groups is 1. The maximum atomic E-state index is 12.0. The quantitative estimate of drug-likeness (QED) is 0.377. The number of benzene rings is 1. The van der Waals surface area contributed by atoms with Crippen LogP contribution in [0.4, 0.5) is 10.8 Å². The Labute approximate surface area is 169 Å². The van der Waals surface area contributed by atoms with Gasteiger partial charge in [-0.25, -0.2) is 0 Å². The van der Waals surface area contributed by atoms with Crippen LogP contribution in [0.3, 0.4) is 0 Å². The number of hydrogen-bond donors (Lipinski definition) is 2. The van der Waals surface area contributed by atoms with Crippen LogP contribution in [0.1, 0.15) is 18.9 Å². The summed E-state index contributed by atoms with van der Waals surface area (Å²) in [5.41, 5.74) is 1.75. The van der Waals surface area contributed by atoms with Crippen LogP contribution in [-0.2, 0) is 25.5 Å². The Kier molecular flexibility index (Phi) is 6.82. The Hall–Kier alpha value is -2.66. The van der Waals surface area contributed by atoms with E-state index in [0.717, 1.165) is 11.3 Å². The summed E-state index contributed by atoms with van der Waals surface area (Å²) < 4.78 is 10.9. The van der Waals surface area contributed by atoms with Gasteiger partial charge in [0.25, 0.3) is 5.91 Å². The molecule has 0 spiro atoms. The number of carbonyl (C=O) groups excluding carboxylic acids is 3. The van der Waals surface area contributed by atoms with E-state index in [2.05, 4.69) is 20.8 Å². The zero-order valence-corrected chi connectivity index (χ0v) is 16.7. The number of hydrogen-bond acceptors (Lipinski definition) is 9. The summed E-state index contributed by atoms with van der Waals surface area (Å²) in [6.07, 6.45) is 1.08. The van der Waals surface area contributed by atoms with Gasteiger partial charge in [-0.3, -0.25) is 19.7 Å². The molecule has 28 heavy (non-hydrogen) atoms. The van der Waals surface area contributed by atoms with Gasteiger partial charge in [0, 0.05) is 12.1 Å². The molecular weight excluding hydrogens is 404 g/mol. The minimum absolute atomic E-state index is 0.00242. The van der Waals surface area contributed by atoms with Gasteiger partial charge in [-0.15, -0.1) is 10.2 Å². The Morgan fingerprint density at radius 3 is 3.00 bits per heavy atom. The molecule has 1 aromatic carbocycles. The van der Waals surface area contributed by atoms with Crippen LogP contribution >= 0.6 is 23.1 Å². The van der Waals surface area contributed by atoms with Gasteiger partial charge in [0.15, 0.2) is 10.9 Å². The van der Waals surface area contributed by atoms with Crippen LogP contribution in [0.5, 0.6) is 5.75 Å². The second-order valence-electron chi connectivity index (χ2n) is 5.67. The summed E-state index contributed by atoms with van der Waals surface area (Å²) in [5.74, 6) is -0.0148. The highest BCUT2D eigenvalue weighted by Crippen LogP contribution is 2.27. The van der Waals surface area contributed by atoms with Crippen molar-refractivity contribution >= 4 is 51.7 Å². The highest BCUT2D eigenvalue weighted by molar-refractivity contribution is 8.01. The van der Waals surface area contributed by atoms with Crippen molar-refractivity contribution in [3.8, 4) is 5.75 Å². The van der Waals surface area contributed by atoms with E-state index in [-0.39, 0.29) is 30.1 Å². The predicted molar refractivity (Wildman–Crippen MR) is 105 cm³/mol. The number of rotatable bonds is 8. The van der Waals surface area contributed by atoms with Crippen molar-refractivity contribution in [2.45, 2.75) is 24.1 Å². The minimum atomic E-state index is -0.371. The van der Waals surface area contributed by atoms with E-state index in [1.54, 1.807) is 19.1 Å². The lowest BCUT2D eigenvalue weighted by Gasteiger charge is -2.17. The normalized spacial score (nSPS) is 12.7. The molecule has 0 saturated carbocycles. The molecule has 1 aromatic heterocycles. The SMILES string of the molecule is CCOC(=O)CSc1nnc(NC(=O)COc2ccc3c(c2)CCC(=O)N3)s1. The highest BCUT2D eigenvalue weighted by atomic mass is 32.2. The lowest BCUT2D eigenvalue weighted by molar-refractivity contribution is -0.139. The van der Waals surface area contributed by atoms with Crippen LogP contribution in [0.2, 0.25) is 0 Å². The summed E-state index contributed by atoms with van der Waals surface area (Å²) in [4.78, 5) is 34.8. The minimum Gasteiger partial charge on any atom is -0.484 e. The van der Waals surface area contributed by atoms with Crippen LogP contribution < -0.4 is 15.4 Å². The molecule has 0 radical (unpaired) electrons. The van der Waals surface area contributed by atoms with Crippen LogP contribution in [0.25, 0.3) is 0 Å². The molecule has 1 aliphatic heterocycles. The molecule has 2 N–H and O–H groups in total. The van der Waals surface area contributed by atoms with Crippen molar-refractivity contribution in [1.29, 1.82) is 0 Å². The first-order valence-electron chi connectivity index (χ1n) is 8.51. The molecule has 0 aliphatic carbocycles. The van der Waals surface area contributed by atoms with Gasteiger partial charge in [-0.2, -0.15) is 0 Å². The number of esters is 1. The van der Waals surface area contributed by atoms with Crippen LogP contribution in [-0.4, -0.2) is 46.9 Å². The van der Waals surface area contributed by atoms with Gasteiger partial charge >= 0.3 is 5.97 Å². The third kappa shape index (κ3) is 5.67. The second kappa shape index (κ2) is 9.51. The number of fused-ring (bicyclic) bond motifs is 1. The molecule has 0 fully saturated rings. The number of ether oxygens (including phenoxy) is 2. The van der Waals surface area contributed by atoms with Crippen LogP contribution in [0.15, 0.2) is 22.5 Å². The van der Waals surface area contributed by atoms with E-state index in [0.29, 0.717) is 34.7 Å². The Morgan fingerprint density at radius 2 is 2.18 bits per heavy atom. The van der Waals surface area contributed by atoms with Crippen molar-refractivity contribution in [1.82, 2.24) is 10.2 Å². The number of nitrogens with one attached hydrogen (secondary N) is 2. The third-order valence-electron chi connectivity index (χ3n) is 3.61. The van der Waals surface area contributed by atoms with Gasteiger partial charge in [-0.1, -0.05) is 23.1 Å². The van der Waals surface area contributed by atoms with E-state index < -0.39 is 0 Å². The molecule has 9 nitrogen and oxygen atoms in total. The van der Waals surface area contributed by atoms with Crippen molar-refractivity contribution in [3.63, 3.8) is 0 Å². The Morgan fingerprint density at radius 1 is 1.32 bits per heavy atom. The third-order valence-corrected chi connectivity index (χ3v) is 5.56. The fraction of sp³-hybridized carbons (Fsp3) is 0.353. The van der Waals surface area contributed by atoms with Gasteiger partial charge in [0.05, 0.1) is 12.4 Å². The first-order chi connectivity index (χ1) is 13.5. The molecule has 2 aromatic rings. The predicted octanol–water partition coefficient (Wildman–Crippen LogP) is 2.10. The highest BCUT2D eigenvalue weighted by Gasteiger charge is 2.16. The number of nitrogens with zero attached hydrogens (tertiary/aromatic N) is 2. The summed E-state index contributed by atoms with van der Waals surface area (Å²) in [7, 11) is 0. The van der Waals surface area contributed by atoms with Gasteiger partial charge in [0.1, 0.15) is 5.75 Å². The van der Waals surface area contributed by atoms with E-state index >= 15 is 0 Å². The summed E-state index contributed by atoms with van der Waals surface area (Å²) in [6.45, 7) is 1.89. The molecule has 3 rings (SSSR count). The summed E-state index contributed by atoms with van der Waals surface area (Å²) in [6, 6.07) is 5.28. The molecule has 0 saturated heterocycles. The van der Waals surface area contributed by atoms with E-state index in [1.165, 1.54) is 23.1 Å².